The van der Waals surface area contributed by atoms with E-state index >= 15 is 0 Å². The molecule has 3 heteroatoms. The van der Waals surface area contributed by atoms with Crippen molar-refractivity contribution in [3.63, 3.8) is 0 Å². The molecule has 0 fully saturated rings. The molecule has 0 aliphatic heterocycles. The van der Waals surface area contributed by atoms with Crippen LogP contribution in [0.25, 0.3) is 0 Å². The van der Waals surface area contributed by atoms with Crippen LogP contribution in [0.5, 0.6) is 0 Å². The van der Waals surface area contributed by atoms with Crippen molar-refractivity contribution in [2.45, 2.75) is 37.9 Å². The largest absolute Gasteiger partial charge is 0.390 e. The number of benzene rings is 1. The normalized spacial score (nSPS) is 13.1. The minimum Gasteiger partial charge on any atom is -0.390 e. The zero-order valence-electron chi connectivity index (χ0n) is 10.1. The maximum atomic E-state index is 9.67. The number of rotatable bonds is 6. The van der Waals surface area contributed by atoms with E-state index in [-0.39, 0.29) is 6.10 Å². The Bertz CT molecular complexity index is 295. The third-order valence-corrected chi connectivity index (χ3v) is 3.24. The summed E-state index contributed by atoms with van der Waals surface area (Å²) in [5, 5.41) is 9.67. The van der Waals surface area contributed by atoms with Crippen LogP contribution in [0.2, 0.25) is 0 Å². The van der Waals surface area contributed by atoms with Crippen molar-refractivity contribution < 1.29 is 9.84 Å². The van der Waals surface area contributed by atoms with E-state index in [0.717, 1.165) is 0 Å². The first-order valence-corrected chi connectivity index (χ1v) is 6.55. The fourth-order valence-corrected chi connectivity index (χ4v) is 1.99. The zero-order valence-corrected chi connectivity index (χ0v) is 11.0. The Hall–Kier alpha value is -0.510. The Labute approximate surface area is 102 Å². The van der Waals surface area contributed by atoms with Crippen LogP contribution >= 0.6 is 11.8 Å². The van der Waals surface area contributed by atoms with Gasteiger partial charge >= 0.3 is 0 Å². The molecule has 1 rings (SSSR count). The van der Waals surface area contributed by atoms with E-state index in [2.05, 4.69) is 31.2 Å². The second-order valence-electron chi connectivity index (χ2n) is 4.16. The molecule has 0 heterocycles. The summed E-state index contributed by atoms with van der Waals surface area (Å²) in [5.74, 6) is 0.676. The van der Waals surface area contributed by atoms with Crippen molar-refractivity contribution in [3.05, 3.63) is 29.8 Å². The van der Waals surface area contributed by atoms with Crippen LogP contribution < -0.4 is 0 Å². The van der Waals surface area contributed by atoms with E-state index in [4.69, 9.17) is 4.74 Å². The highest BCUT2D eigenvalue weighted by atomic mass is 32.2. The highest BCUT2D eigenvalue weighted by molar-refractivity contribution is 7.99. The average molecular weight is 240 g/mol. The lowest BCUT2D eigenvalue weighted by Gasteiger charge is -2.13. The first kappa shape index (κ1) is 13.6. The average Bonchev–Trinajstić information content (AvgIpc) is 2.25. The van der Waals surface area contributed by atoms with Gasteiger partial charge in [0.1, 0.15) is 0 Å². The summed E-state index contributed by atoms with van der Waals surface area (Å²) in [6.45, 7) is 6.43. The maximum absolute atomic E-state index is 9.67. The third-order valence-electron chi connectivity index (χ3n) is 2.09. The molecule has 1 aromatic carbocycles. The molecule has 16 heavy (non-hydrogen) atoms. The second kappa shape index (κ2) is 6.94. The van der Waals surface area contributed by atoms with E-state index < -0.39 is 6.10 Å². The number of hydrogen-bond donors (Lipinski definition) is 1. The Kier molecular flexibility index (Phi) is 5.88. The van der Waals surface area contributed by atoms with Crippen LogP contribution in [0.15, 0.2) is 29.2 Å². The monoisotopic (exact) mass is 240 g/mol. The summed E-state index contributed by atoms with van der Waals surface area (Å²) < 4.78 is 5.35. The summed E-state index contributed by atoms with van der Waals surface area (Å²) in [6, 6.07) is 8.32. The van der Waals surface area contributed by atoms with Crippen molar-refractivity contribution in [2.24, 2.45) is 0 Å². The fourth-order valence-electron chi connectivity index (χ4n) is 1.18. The van der Waals surface area contributed by atoms with Crippen LogP contribution in [-0.2, 0) is 4.74 Å². The molecule has 0 saturated heterocycles. The molecule has 90 valence electrons. The van der Waals surface area contributed by atoms with Gasteiger partial charge in [0.05, 0.1) is 18.8 Å². The van der Waals surface area contributed by atoms with Crippen molar-refractivity contribution >= 4 is 11.8 Å². The molecule has 0 radical (unpaired) electrons. The predicted molar refractivity (Wildman–Crippen MR) is 69.0 cm³/mol. The first-order valence-electron chi connectivity index (χ1n) is 5.57. The van der Waals surface area contributed by atoms with Crippen molar-refractivity contribution in [3.8, 4) is 0 Å². The van der Waals surface area contributed by atoms with Gasteiger partial charge in [-0.15, -0.1) is 11.8 Å². The number of aliphatic hydroxyl groups is 1. The number of hydrogen-bond acceptors (Lipinski definition) is 3. The van der Waals surface area contributed by atoms with E-state index in [1.54, 1.807) is 11.8 Å². The van der Waals surface area contributed by atoms with Gasteiger partial charge in [-0.3, -0.25) is 0 Å². The molecule has 2 nitrogen and oxygen atoms in total. The summed E-state index contributed by atoms with van der Waals surface area (Å²) >= 11 is 1.66. The van der Waals surface area contributed by atoms with Crippen molar-refractivity contribution in [1.82, 2.24) is 0 Å². The summed E-state index contributed by atoms with van der Waals surface area (Å²) in [6.07, 6.45) is -0.215. The zero-order chi connectivity index (χ0) is 12.0. The Morgan fingerprint density at radius 2 is 1.88 bits per heavy atom. The summed E-state index contributed by atoms with van der Waals surface area (Å²) in [5.41, 5.74) is 1.26. The SMILES string of the molecule is Cc1ccc(SCC(O)COC(C)C)cc1. The second-order valence-corrected chi connectivity index (χ2v) is 5.25. The first-order chi connectivity index (χ1) is 7.58. The van der Waals surface area contributed by atoms with Gasteiger partial charge in [0.25, 0.3) is 0 Å². The molecule has 0 spiro atoms. The quantitative estimate of drug-likeness (QED) is 0.775. The number of ether oxygens (including phenoxy) is 1. The van der Waals surface area contributed by atoms with Crippen LogP contribution in [0.4, 0.5) is 0 Å². The number of aryl methyl sites for hydroxylation is 1. The van der Waals surface area contributed by atoms with Gasteiger partial charge in [0, 0.05) is 10.6 Å². The van der Waals surface area contributed by atoms with Gasteiger partial charge in [-0.05, 0) is 32.9 Å². The van der Waals surface area contributed by atoms with E-state index in [9.17, 15) is 5.11 Å². The smallest absolute Gasteiger partial charge is 0.0867 e. The number of thioether (sulfide) groups is 1. The van der Waals surface area contributed by atoms with Gasteiger partial charge in [-0.2, -0.15) is 0 Å². The lowest BCUT2D eigenvalue weighted by Crippen LogP contribution is -2.20. The van der Waals surface area contributed by atoms with Crippen LogP contribution in [-0.4, -0.2) is 29.7 Å². The fraction of sp³-hybridized carbons (Fsp3) is 0.538. The topological polar surface area (TPSA) is 29.5 Å². The Morgan fingerprint density at radius 1 is 1.25 bits per heavy atom. The van der Waals surface area contributed by atoms with Gasteiger partial charge in [-0.1, -0.05) is 17.7 Å². The third kappa shape index (κ3) is 5.54. The van der Waals surface area contributed by atoms with Gasteiger partial charge < -0.3 is 9.84 Å². The standard InChI is InChI=1S/C13H20O2S/c1-10(2)15-8-12(14)9-16-13-6-4-11(3)5-7-13/h4-7,10,12,14H,8-9H2,1-3H3. The lowest BCUT2D eigenvalue weighted by atomic mass is 10.2. The molecule has 0 aliphatic rings. The Morgan fingerprint density at radius 3 is 2.44 bits per heavy atom. The van der Waals surface area contributed by atoms with E-state index in [0.29, 0.717) is 12.4 Å². The molecule has 0 bridgehead atoms. The predicted octanol–water partition coefficient (Wildman–Crippen LogP) is 2.87. The number of aliphatic hydroxyl groups excluding tert-OH is 1. The highest BCUT2D eigenvalue weighted by Gasteiger charge is 2.06. The molecular weight excluding hydrogens is 220 g/mol. The molecule has 0 aliphatic carbocycles. The lowest BCUT2D eigenvalue weighted by molar-refractivity contribution is 0.0152. The van der Waals surface area contributed by atoms with E-state index in [1.165, 1.54) is 10.5 Å². The maximum Gasteiger partial charge on any atom is 0.0867 e. The van der Waals surface area contributed by atoms with Crippen LogP contribution in [0.3, 0.4) is 0 Å². The van der Waals surface area contributed by atoms with Crippen molar-refractivity contribution in [2.75, 3.05) is 12.4 Å². The summed E-state index contributed by atoms with van der Waals surface area (Å²) in [7, 11) is 0. The van der Waals surface area contributed by atoms with Gasteiger partial charge in [-0.25, -0.2) is 0 Å². The van der Waals surface area contributed by atoms with Gasteiger partial charge in [0.2, 0.25) is 0 Å². The highest BCUT2D eigenvalue weighted by Crippen LogP contribution is 2.19. The van der Waals surface area contributed by atoms with Gasteiger partial charge in [0.15, 0.2) is 0 Å². The van der Waals surface area contributed by atoms with Crippen LogP contribution in [0, 0.1) is 6.92 Å². The molecule has 1 aromatic rings. The molecule has 1 N–H and O–H groups in total. The van der Waals surface area contributed by atoms with Crippen molar-refractivity contribution in [1.29, 1.82) is 0 Å². The Balaban J connectivity index is 2.26. The molecule has 0 saturated carbocycles. The minimum atomic E-state index is -0.395. The summed E-state index contributed by atoms with van der Waals surface area (Å²) in [4.78, 5) is 1.19. The molecule has 1 unspecified atom stereocenters. The van der Waals surface area contributed by atoms with E-state index in [1.807, 2.05) is 13.8 Å². The van der Waals surface area contributed by atoms with Crippen LogP contribution in [0.1, 0.15) is 19.4 Å². The minimum absolute atomic E-state index is 0.180. The molecular formula is C13H20O2S. The molecule has 0 amide bonds. The molecule has 0 aromatic heterocycles. The molecule has 1 atom stereocenters.